The fraction of sp³-hybridized carbons (Fsp3) is 0.0385. The first kappa shape index (κ1) is 16.5. The van der Waals surface area contributed by atoms with Crippen LogP contribution in [0.25, 0.3) is 11.1 Å². The summed E-state index contributed by atoms with van der Waals surface area (Å²) in [7, 11) is 0. The lowest BCUT2D eigenvalue weighted by molar-refractivity contribution is 0.0697. The van der Waals surface area contributed by atoms with Crippen LogP contribution in [0.3, 0.4) is 0 Å². The van der Waals surface area contributed by atoms with Gasteiger partial charge in [-0.25, -0.2) is 4.79 Å². The molecule has 0 aromatic heterocycles. The van der Waals surface area contributed by atoms with Crippen LogP contribution in [-0.4, -0.2) is 11.1 Å². The summed E-state index contributed by atoms with van der Waals surface area (Å²) in [5, 5.41) is 9.53. The molecule has 0 spiro atoms. The Kier molecular flexibility index (Phi) is 3.66. The lowest BCUT2D eigenvalue weighted by Crippen LogP contribution is -2.28. The Bertz CT molecular complexity index is 1140. The normalized spacial score (nSPS) is 13.6. The number of carbonyl (C=O) groups is 1. The molecule has 0 heterocycles. The first-order chi connectivity index (χ1) is 13.7. The summed E-state index contributed by atoms with van der Waals surface area (Å²) < 4.78 is 0. The van der Waals surface area contributed by atoms with Crippen molar-refractivity contribution in [3.63, 3.8) is 0 Å². The van der Waals surface area contributed by atoms with Crippen LogP contribution in [0.5, 0.6) is 0 Å². The maximum Gasteiger partial charge on any atom is 0.335 e. The van der Waals surface area contributed by atoms with Crippen molar-refractivity contribution in [1.29, 1.82) is 0 Å². The molecular formula is C26H18O2. The Morgan fingerprint density at radius 1 is 0.607 bits per heavy atom. The van der Waals surface area contributed by atoms with Gasteiger partial charge < -0.3 is 5.11 Å². The van der Waals surface area contributed by atoms with E-state index < -0.39 is 11.4 Å². The minimum Gasteiger partial charge on any atom is -0.478 e. The van der Waals surface area contributed by atoms with Crippen molar-refractivity contribution >= 4 is 5.97 Å². The van der Waals surface area contributed by atoms with Crippen molar-refractivity contribution in [2.24, 2.45) is 0 Å². The minimum absolute atomic E-state index is 0.311. The smallest absolute Gasteiger partial charge is 0.335 e. The summed E-state index contributed by atoms with van der Waals surface area (Å²) in [4.78, 5) is 11.6. The zero-order valence-corrected chi connectivity index (χ0v) is 15.2. The maximum atomic E-state index is 11.6. The van der Waals surface area contributed by atoms with Crippen LogP contribution >= 0.6 is 0 Å². The summed E-state index contributed by atoms with van der Waals surface area (Å²) in [6, 6.07) is 34.8. The van der Waals surface area contributed by atoms with Crippen molar-refractivity contribution in [1.82, 2.24) is 0 Å². The SMILES string of the molecule is O=C(O)c1ccc2c(c1)-c1ccccc1C2(c1ccccc1)c1ccccc1. The van der Waals surface area contributed by atoms with E-state index in [0.29, 0.717) is 5.56 Å². The Balaban J connectivity index is 1.95. The topological polar surface area (TPSA) is 37.3 Å². The fourth-order valence-corrected chi connectivity index (χ4v) is 4.58. The summed E-state index contributed by atoms with van der Waals surface area (Å²) in [6.45, 7) is 0. The van der Waals surface area contributed by atoms with Crippen LogP contribution in [0.1, 0.15) is 32.6 Å². The average Bonchev–Trinajstić information content (AvgIpc) is 3.06. The van der Waals surface area contributed by atoms with Crippen LogP contribution in [-0.2, 0) is 5.41 Å². The first-order valence-electron chi connectivity index (χ1n) is 9.31. The Morgan fingerprint density at radius 2 is 1.14 bits per heavy atom. The Labute approximate surface area is 163 Å². The number of hydrogen-bond acceptors (Lipinski definition) is 1. The number of carboxylic acid groups (broad SMARTS) is 1. The lowest BCUT2D eigenvalue weighted by Gasteiger charge is -2.33. The molecule has 4 aromatic carbocycles. The van der Waals surface area contributed by atoms with Crippen LogP contribution in [0.15, 0.2) is 103 Å². The molecule has 0 fully saturated rings. The Morgan fingerprint density at radius 3 is 1.75 bits per heavy atom. The third-order valence-electron chi connectivity index (χ3n) is 5.71. The number of fused-ring (bicyclic) bond motifs is 3. The third-order valence-corrected chi connectivity index (χ3v) is 5.71. The molecule has 5 rings (SSSR count). The van der Waals surface area contributed by atoms with Gasteiger partial charge in [-0.1, -0.05) is 91.0 Å². The molecule has 0 saturated carbocycles. The van der Waals surface area contributed by atoms with E-state index >= 15 is 0 Å². The average molecular weight is 362 g/mol. The molecule has 1 aliphatic rings. The van der Waals surface area contributed by atoms with Crippen molar-refractivity contribution in [2.45, 2.75) is 5.41 Å². The zero-order chi connectivity index (χ0) is 19.1. The summed E-state index contributed by atoms with van der Waals surface area (Å²) >= 11 is 0. The van der Waals surface area contributed by atoms with Gasteiger partial charge in [-0.3, -0.25) is 0 Å². The van der Waals surface area contributed by atoms with E-state index in [1.807, 2.05) is 30.3 Å². The van der Waals surface area contributed by atoms with E-state index in [-0.39, 0.29) is 0 Å². The predicted molar refractivity (Wildman–Crippen MR) is 111 cm³/mol. The monoisotopic (exact) mass is 362 g/mol. The number of hydrogen-bond donors (Lipinski definition) is 1. The molecular weight excluding hydrogens is 344 g/mol. The highest BCUT2D eigenvalue weighted by atomic mass is 16.4. The molecule has 0 aliphatic heterocycles. The molecule has 2 heteroatoms. The van der Waals surface area contributed by atoms with Gasteiger partial charge in [0.2, 0.25) is 0 Å². The van der Waals surface area contributed by atoms with Crippen LogP contribution in [0.4, 0.5) is 0 Å². The molecule has 0 bridgehead atoms. The van der Waals surface area contributed by atoms with Gasteiger partial charge in [0.1, 0.15) is 0 Å². The summed E-state index contributed by atoms with van der Waals surface area (Å²) in [5.41, 5.74) is 6.58. The highest BCUT2D eigenvalue weighted by molar-refractivity contribution is 5.93. The summed E-state index contributed by atoms with van der Waals surface area (Å²) in [6.07, 6.45) is 0. The lowest BCUT2D eigenvalue weighted by atomic mass is 9.68. The van der Waals surface area contributed by atoms with E-state index in [2.05, 4.69) is 66.7 Å². The van der Waals surface area contributed by atoms with Gasteiger partial charge in [0, 0.05) is 0 Å². The predicted octanol–water partition coefficient (Wildman–Crippen LogP) is 5.75. The van der Waals surface area contributed by atoms with Crippen molar-refractivity contribution < 1.29 is 9.90 Å². The van der Waals surface area contributed by atoms with E-state index in [4.69, 9.17) is 0 Å². The molecule has 0 unspecified atom stereocenters. The van der Waals surface area contributed by atoms with Crippen LogP contribution < -0.4 is 0 Å². The first-order valence-corrected chi connectivity index (χ1v) is 9.31. The van der Waals surface area contributed by atoms with Crippen molar-refractivity contribution in [3.8, 4) is 11.1 Å². The number of aromatic carboxylic acids is 1. The maximum absolute atomic E-state index is 11.6. The van der Waals surface area contributed by atoms with Gasteiger partial charge in [-0.15, -0.1) is 0 Å². The van der Waals surface area contributed by atoms with Gasteiger partial charge >= 0.3 is 5.97 Å². The second-order valence-corrected chi connectivity index (χ2v) is 7.09. The van der Waals surface area contributed by atoms with Gasteiger partial charge in [0.05, 0.1) is 11.0 Å². The molecule has 28 heavy (non-hydrogen) atoms. The number of carboxylic acids is 1. The van der Waals surface area contributed by atoms with E-state index in [1.165, 1.54) is 16.7 Å². The molecule has 0 atom stereocenters. The largest absolute Gasteiger partial charge is 0.478 e. The number of benzene rings is 4. The second kappa shape index (κ2) is 6.21. The molecule has 0 radical (unpaired) electrons. The van der Waals surface area contributed by atoms with E-state index in [9.17, 15) is 9.90 Å². The molecule has 4 aromatic rings. The van der Waals surface area contributed by atoms with E-state index in [1.54, 1.807) is 6.07 Å². The van der Waals surface area contributed by atoms with Gasteiger partial charge in [-0.2, -0.15) is 0 Å². The van der Waals surface area contributed by atoms with Crippen LogP contribution in [0, 0.1) is 0 Å². The quantitative estimate of drug-likeness (QED) is 0.444. The van der Waals surface area contributed by atoms with E-state index in [0.717, 1.165) is 16.7 Å². The van der Waals surface area contributed by atoms with Gasteiger partial charge in [0.25, 0.3) is 0 Å². The fourth-order valence-electron chi connectivity index (χ4n) is 4.58. The molecule has 2 nitrogen and oxygen atoms in total. The standard InChI is InChI=1S/C26H18O2/c27-25(28)18-15-16-24-22(17-18)21-13-7-8-14-23(21)26(24,19-9-3-1-4-10-19)20-11-5-2-6-12-20/h1-17H,(H,27,28). The molecule has 0 amide bonds. The zero-order valence-electron chi connectivity index (χ0n) is 15.2. The summed E-state index contributed by atoms with van der Waals surface area (Å²) in [5.74, 6) is -0.905. The molecule has 0 saturated heterocycles. The van der Waals surface area contributed by atoms with Crippen molar-refractivity contribution in [2.75, 3.05) is 0 Å². The molecule has 1 aliphatic carbocycles. The van der Waals surface area contributed by atoms with Gasteiger partial charge in [0.15, 0.2) is 0 Å². The Hall–Kier alpha value is -3.65. The highest BCUT2D eigenvalue weighted by Crippen LogP contribution is 2.56. The van der Waals surface area contributed by atoms with Gasteiger partial charge in [-0.05, 0) is 45.5 Å². The highest BCUT2D eigenvalue weighted by Gasteiger charge is 2.45. The molecule has 134 valence electrons. The molecule has 1 N–H and O–H groups in total. The van der Waals surface area contributed by atoms with Crippen molar-refractivity contribution in [3.05, 3.63) is 131 Å². The third kappa shape index (κ3) is 2.18. The second-order valence-electron chi connectivity index (χ2n) is 7.09. The number of rotatable bonds is 3. The van der Waals surface area contributed by atoms with Crippen LogP contribution in [0.2, 0.25) is 0 Å². The minimum atomic E-state index is -0.905.